The lowest BCUT2D eigenvalue weighted by atomic mass is 9.96. The molecule has 1 aliphatic rings. The van der Waals surface area contributed by atoms with Gasteiger partial charge in [0.25, 0.3) is 11.5 Å². The van der Waals surface area contributed by atoms with Crippen LogP contribution in [0.1, 0.15) is 47.5 Å². The van der Waals surface area contributed by atoms with E-state index in [0.717, 1.165) is 5.56 Å². The molecule has 0 saturated heterocycles. The van der Waals surface area contributed by atoms with Gasteiger partial charge in [-0.2, -0.15) is 9.61 Å². The monoisotopic (exact) mass is 350 g/mol. The SMILES string of the molecule is CN(C)C(=O)c1cnn2c(=O)cc(-c3ccc(C4CCCC4)cc3)[nH]c12. The molecule has 0 atom stereocenters. The summed E-state index contributed by atoms with van der Waals surface area (Å²) in [7, 11) is 3.35. The second-order valence-corrected chi connectivity index (χ2v) is 7.14. The maximum absolute atomic E-state index is 12.4. The van der Waals surface area contributed by atoms with Gasteiger partial charge >= 0.3 is 0 Å². The van der Waals surface area contributed by atoms with Crippen molar-refractivity contribution in [1.82, 2.24) is 19.5 Å². The molecule has 134 valence electrons. The Bertz CT molecular complexity index is 1010. The fourth-order valence-corrected chi connectivity index (χ4v) is 3.73. The minimum atomic E-state index is -0.258. The molecular weight excluding hydrogens is 328 g/mol. The molecular formula is C20H22N4O2. The normalized spacial score (nSPS) is 14.8. The summed E-state index contributed by atoms with van der Waals surface area (Å²) >= 11 is 0. The fourth-order valence-electron chi connectivity index (χ4n) is 3.73. The third-order valence-corrected chi connectivity index (χ3v) is 5.18. The highest BCUT2D eigenvalue weighted by Crippen LogP contribution is 2.34. The molecule has 2 aromatic heterocycles. The van der Waals surface area contributed by atoms with Crippen LogP contribution in [0.4, 0.5) is 0 Å². The molecule has 2 heterocycles. The van der Waals surface area contributed by atoms with Crippen LogP contribution in [0.15, 0.2) is 41.3 Å². The third-order valence-electron chi connectivity index (χ3n) is 5.18. The number of hydrogen-bond acceptors (Lipinski definition) is 3. The van der Waals surface area contributed by atoms with Crippen LogP contribution in [0.2, 0.25) is 0 Å². The number of amides is 1. The lowest BCUT2D eigenvalue weighted by molar-refractivity contribution is 0.0829. The highest BCUT2D eigenvalue weighted by Gasteiger charge is 2.19. The summed E-state index contributed by atoms with van der Waals surface area (Å²) in [6, 6.07) is 9.90. The van der Waals surface area contributed by atoms with Gasteiger partial charge < -0.3 is 9.88 Å². The van der Waals surface area contributed by atoms with Gasteiger partial charge in [-0.05, 0) is 29.9 Å². The maximum atomic E-state index is 12.4. The van der Waals surface area contributed by atoms with Crippen LogP contribution < -0.4 is 5.56 Å². The molecule has 4 rings (SSSR count). The Labute approximate surface area is 151 Å². The third kappa shape index (κ3) is 2.81. The van der Waals surface area contributed by atoms with E-state index in [4.69, 9.17) is 0 Å². The molecule has 6 nitrogen and oxygen atoms in total. The van der Waals surface area contributed by atoms with Gasteiger partial charge in [0.2, 0.25) is 0 Å². The van der Waals surface area contributed by atoms with Gasteiger partial charge in [0, 0.05) is 20.2 Å². The van der Waals surface area contributed by atoms with E-state index >= 15 is 0 Å². The van der Waals surface area contributed by atoms with E-state index in [1.165, 1.54) is 52.9 Å². The number of carbonyl (C=O) groups excluding carboxylic acids is 1. The number of rotatable bonds is 3. The number of aromatic nitrogens is 3. The summed E-state index contributed by atoms with van der Waals surface area (Å²) in [4.78, 5) is 29.4. The molecule has 0 bridgehead atoms. The summed E-state index contributed by atoms with van der Waals surface area (Å²) in [5, 5.41) is 4.05. The first-order chi connectivity index (χ1) is 12.5. The predicted octanol–water partition coefficient (Wildman–Crippen LogP) is 3.05. The van der Waals surface area contributed by atoms with E-state index in [1.807, 2.05) is 12.1 Å². The molecule has 6 heteroatoms. The lowest BCUT2D eigenvalue weighted by Crippen LogP contribution is -2.22. The first kappa shape index (κ1) is 16.6. The molecule has 1 aromatic carbocycles. The number of carbonyl (C=O) groups is 1. The number of nitrogens with zero attached hydrogens (tertiary/aromatic N) is 3. The number of aromatic amines is 1. The first-order valence-corrected chi connectivity index (χ1v) is 8.97. The predicted molar refractivity (Wildman–Crippen MR) is 100 cm³/mol. The maximum Gasteiger partial charge on any atom is 0.274 e. The Morgan fingerprint density at radius 1 is 1.19 bits per heavy atom. The molecule has 26 heavy (non-hydrogen) atoms. The van der Waals surface area contributed by atoms with Gasteiger partial charge in [0.1, 0.15) is 5.56 Å². The van der Waals surface area contributed by atoms with Crippen LogP contribution in [-0.2, 0) is 0 Å². The molecule has 0 radical (unpaired) electrons. The average molecular weight is 350 g/mol. The summed E-state index contributed by atoms with van der Waals surface area (Å²) in [6.45, 7) is 0. The zero-order chi connectivity index (χ0) is 18.3. The number of benzene rings is 1. The Morgan fingerprint density at radius 3 is 2.54 bits per heavy atom. The lowest BCUT2D eigenvalue weighted by Gasteiger charge is -2.11. The van der Waals surface area contributed by atoms with Crippen molar-refractivity contribution in [3.63, 3.8) is 0 Å². The zero-order valence-corrected chi connectivity index (χ0v) is 15.0. The second kappa shape index (κ2) is 6.44. The summed E-state index contributed by atoms with van der Waals surface area (Å²) in [5.41, 5.74) is 3.53. The minimum Gasteiger partial charge on any atom is -0.345 e. The molecule has 0 unspecified atom stereocenters. The molecule has 1 aliphatic carbocycles. The quantitative estimate of drug-likeness (QED) is 0.789. The molecule has 1 N–H and O–H groups in total. The summed E-state index contributed by atoms with van der Waals surface area (Å²) in [6.07, 6.45) is 6.56. The van der Waals surface area contributed by atoms with Crippen molar-refractivity contribution in [2.24, 2.45) is 0 Å². The highest BCUT2D eigenvalue weighted by molar-refractivity contribution is 5.99. The Kier molecular flexibility index (Phi) is 4.11. The fraction of sp³-hybridized carbons (Fsp3) is 0.350. The Morgan fingerprint density at radius 2 is 1.88 bits per heavy atom. The van der Waals surface area contributed by atoms with Crippen molar-refractivity contribution in [3.8, 4) is 11.3 Å². The van der Waals surface area contributed by atoms with Crippen LogP contribution >= 0.6 is 0 Å². The van der Waals surface area contributed by atoms with Crippen molar-refractivity contribution >= 4 is 11.6 Å². The van der Waals surface area contributed by atoms with E-state index in [-0.39, 0.29) is 11.5 Å². The second-order valence-electron chi connectivity index (χ2n) is 7.14. The molecule has 1 fully saturated rings. The summed E-state index contributed by atoms with van der Waals surface area (Å²) < 4.78 is 1.23. The standard InChI is InChI=1S/C20H22N4O2/c1-23(2)20(26)16-12-21-24-18(25)11-17(22-19(16)24)15-9-7-14(8-10-15)13-5-3-4-6-13/h7-13,22H,3-6H2,1-2H3. The largest absolute Gasteiger partial charge is 0.345 e. The van der Waals surface area contributed by atoms with Crippen LogP contribution in [0.25, 0.3) is 16.9 Å². The van der Waals surface area contributed by atoms with Crippen molar-refractivity contribution < 1.29 is 4.79 Å². The van der Waals surface area contributed by atoms with Crippen LogP contribution in [-0.4, -0.2) is 39.5 Å². The Hall–Kier alpha value is -2.89. The molecule has 3 aromatic rings. The van der Waals surface area contributed by atoms with Gasteiger partial charge in [-0.3, -0.25) is 9.59 Å². The van der Waals surface area contributed by atoms with Gasteiger partial charge in [-0.25, -0.2) is 0 Å². The van der Waals surface area contributed by atoms with Gasteiger partial charge in [-0.15, -0.1) is 0 Å². The first-order valence-electron chi connectivity index (χ1n) is 8.97. The smallest absolute Gasteiger partial charge is 0.274 e. The van der Waals surface area contributed by atoms with Crippen LogP contribution in [0.5, 0.6) is 0 Å². The van der Waals surface area contributed by atoms with E-state index in [0.29, 0.717) is 22.8 Å². The topological polar surface area (TPSA) is 70.5 Å². The highest BCUT2D eigenvalue weighted by atomic mass is 16.2. The Balaban J connectivity index is 1.75. The molecule has 1 amide bonds. The number of H-pyrrole nitrogens is 1. The van der Waals surface area contributed by atoms with Crippen LogP contribution in [0, 0.1) is 0 Å². The van der Waals surface area contributed by atoms with Crippen molar-refractivity contribution in [3.05, 3.63) is 58.0 Å². The van der Waals surface area contributed by atoms with Crippen molar-refractivity contribution in [2.45, 2.75) is 31.6 Å². The number of nitrogens with one attached hydrogen (secondary N) is 1. The van der Waals surface area contributed by atoms with Gasteiger partial charge in [-0.1, -0.05) is 37.1 Å². The zero-order valence-electron chi connectivity index (χ0n) is 15.0. The van der Waals surface area contributed by atoms with Crippen LogP contribution in [0.3, 0.4) is 0 Å². The van der Waals surface area contributed by atoms with E-state index in [2.05, 4.69) is 22.2 Å². The number of hydrogen-bond donors (Lipinski definition) is 1. The van der Waals surface area contributed by atoms with Crippen molar-refractivity contribution in [1.29, 1.82) is 0 Å². The molecule has 0 spiro atoms. The van der Waals surface area contributed by atoms with Gasteiger partial charge in [0.15, 0.2) is 5.65 Å². The number of fused-ring (bicyclic) bond motifs is 1. The molecule has 0 aliphatic heterocycles. The van der Waals surface area contributed by atoms with Crippen molar-refractivity contribution in [2.75, 3.05) is 14.1 Å². The van der Waals surface area contributed by atoms with E-state index < -0.39 is 0 Å². The minimum absolute atomic E-state index is 0.190. The van der Waals surface area contributed by atoms with E-state index in [1.54, 1.807) is 14.1 Å². The molecule has 1 saturated carbocycles. The van der Waals surface area contributed by atoms with E-state index in [9.17, 15) is 9.59 Å². The summed E-state index contributed by atoms with van der Waals surface area (Å²) in [5.74, 6) is 0.467. The average Bonchev–Trinajstić information content (AvgIpc) is 3.31. The van der Waals surface area contributed by atoms with Gasteiger partial charge in [0.05, 0.1) is 11.9 Å².